The highest BCUT2D eigenvalue weighted by Crippen LogP contribution is 2.43. The van der Waals surface area contributed by atoms with Gasteiger partial charge in [-0.05, 0) is 30.7 Å². The van der Waals surface area contributed by atoms with Crippen molar-refractivity contribution in [3.8, 4) is 0 Å². The minimum Gasteiger partial charge on any atom is -0.341 e. The van der Waals surface area contributed by atoms with Gasteiger partial charge < -0.3 is 4.90 Å². The minimum atomic E-state index is -2.96. The van der Waals surface area contributed by atoms with Crippen LogP contribution in [0.5, 0.6) is 0 Å². The van der Waals surface area contributed by atoms with E-state index in [1.54, 1.807) is 11.9 Å². The molecule has 3 rings (SSSR count). The van der Waals surface area contributed by atoms with Gasteiger partial charge in [0, 0.05) is 13.1 Å². The van der Waals surface area contributed by atoms with Crippen molar-refractivity contribution in [3.63, 3.8) is 0 Å². The predicted molar refractivity (Wildman–Crippen MR) is 81.7 cm³/mol. The summed E-state index contributed by atoms with van der Waals surface area (Å²) in [6, 6.07) is 9.70. The molecule has 0 aromatic heterocycles. The SMILES string of the molecule is CN(C(=O)C(c1ccccc1)C1CC1)C1CCS(=O)(=O)C1. The van der Waals surface area contributed by atoms with Crippen LogP contribution in [0.2, 0.25) is 0 Å². The Bertz CT molecular complexity index is 622. The molecule has 1 aromatic carbocycles. The lowest BCUT2D eigenvalue weighted by Gasteiger charge is -2.28. The Morgan fingerprint density at radius 3 is 2.38 bits per heavy atom. The lowest BCUT2D eigenvalue weighted by atomic mass is 9.92. The van der Waals surface area contributed by atoms with Crippen molar-refractivity contribution in [1.29, 1.82) is 0 Å². The molecule has 21 heavy (non-hydrogen) atoms. The normalized spacial score (nSPS) is 25.5. The van der Waals surface area contributed by atoms with Crippen molar-refractivity contribution < 1.29 is 13.2 Å². The van der Waals surface area contributed by atoms with Crippen LogP contribution >= 0.6 is 0 Å². The average molecular weight is 307 g/mol. The Morgan fingerprint density at radius 2 is 1.86 bits per heavy atom. The number of amides is 1. The van der Waals surface area contributed by atoms with Crippen LogP contribution in [0.3, 0.4) is 0 Å². The summed E-state index contributed by atoms with van der Waals surface area (Å²) < 4.78 is 23.2. The standard InChI is InChI=1S/C16H21NO3S/c1-17(14-9-10-21(19,20)11-14)16(18)15(13-7-8-13)12-5-3-2-4-6-12/h2-6,13-15H,7-11H2,1H3. The van der Waals surface area contributed by atoms with E-state index in [4.69, 9.17) is 0 Å². The molecule has 1 aromatic rings. The molecule has 114 valence electrons. The molecule has 1 aliphatic carbocycles. The van der Waals surface area contributed by atoms with Crippen LogP contribution in [-0.2, 0) is 14.6 Å². The monoisotopic (exact) mass is 307 g/mol. The Morgan fingerprint density at radius 1 is 1.19 bits per heavy atom. The summed E-state index contributed by atoms with van der Waals surface area (Å²) >= 11 is 0. The molecule has 5 heteroatoms. The fourth-order valence-electron chi connectivity index (χ4n) is 3.19. The van der Waals surface area contributed by atoms with E-state index in [9.17, 15) is 13.2 Å². The van der Waals surface area contributed by atoms with Gasteiger partial charge in [0.25, 0.3) is 0 Å². The molecule has 0 bridgehead atoms. The molecule has 1 amide bonds. The number of hydrogen-bond acceptors (Lipinski definition) is 3. The first kappa shape index (κ1) is 14.6. The zero-order valence-electron chi connectivity index (χ0n) is 12.2. The van der Waals surface area contributed by atoms with E-state index in [2.05, 4.69) is 0 Å². The third kappa shape index (κ3) is 3.12. The van der Waals surface area contributed by atoms with Crippen molar-refractivity contribution in [2.75, 3.05) is 18.6 Å². The van der Waals surface area contributed by atoms with Crippen molar-refractivity contribution >= 4 is 15.7 Å². The first-order valence-corrected chi connectivity index (χ1v) is 9.32. The molecule has 4 nitrogen and oxygen atoms in total. The Balaban J connectivity index is 1.79. The van der Waals surface area contributed by atoms with E-state index in [0.717, 1.165) is 18.4 Å². The van der Waals surface area contributed by atoms with Gasteiger partial charge in [0.05, 0.1) is 17.4 Å². The maximum Gasteiger partial charge on any atom is 0.230 e. The maximum absolute atomic E-state index is 12.9. The van der Waals surface area contributed by atoms with E-state index >= 15 is 0 Å². The number of nitrogens with zero attached hydrogens (tertiary/aromatic N) is 1. The molecule has 0 N–H and O–H groups in total. The number of hydrogen-bond donors (Lipinski definition) is 0. The van der Waals surface area contributed by atoms with Gasteiger partial charge in [0.15, 0.2) is 9.84 Å². The lowest BCUT2D eigenvalue weighted by Crippen LogP contribution is -2.41. The molecular weight excluding hydrogens is 286 g/mol. The quantitative estimate of drug-likeness (QED) is 0.852. The van der Waals surface area contributed by atoms with E-state index in [-0.39, 0.29) is 29.4 Å². The number of sulfone groups is 1. The molecule has 2 fully saturated rings. The second-order valence-electron chi connectivity index (χ2n) is 6.23. The van der Waals surface area contributed by atoms with Crippen LogP contribution in [0, 0.1) is 5.92 Å². The fraction of sp³-hybridized carbons (Fsp3) is 0.562. The third-order valence-electron chi connectivity index (χ3n) is 4.62. The molecule has 2 unspecified atom stereocenters. The van der Waals surface area contributed by atoms with Crippen molar-refractivity contribution in [3.05, 3.63) is 35.9 Å². The van der Waals surface area contributed by atoms with Crippen LogP contribution in [-0.4, -0.2) is 43.8 Å². The van der Waals surface area contributed by atoms with Gasteiger partial charge in [-0.25, -0.2) is 8.42 Å². The van der Waals surface area contributed by atoms with E-state index in [0.29, 0.717) is 12.3 Å². The van der Waals surface area contributed by atoms with E-state index in [1.807, 2.05) is 30.3 Å². The molecule has 1 saturated heterocycles. The number of likely N-dealkylation sites (N-methyl/N-ethyl adjacent to an activating group) is 1. The topological polar surface area (TPSA) is 54.5 Å². The van der Waals surface area contributed by atoms with Gasteiger partial charge >= 0.3 is 0 Å². The molecule has 1 aliphatic heterocycles. The zero-order chi connectivity index (χ0) is 15.0. The lowest BCUT2D eigenvalue weighted by molar-refractivity contribution is -0.133. The second kappa shape index (κ2) is 5.44. The smallest absolute Gasteiger partial charge is 0.230 e. The Hall–Kier alpha value is -1.36. The summed E-state index contributed by atoms with van der Waals surface area (Å²) in [5, 5.41) is 0. The highest BCUT2D eigenvalue weighted by Gasteiger charge is 2.41. The van der Waals surface area contributed by atoms with Crippen molar-refractivity contribution in [2.24, 2.45) is 5.92 Å². The molecular formula is C16H21NO3S. The first-order chi connectivity index (χ1) is 9.98. The maximum atomic E-state index is 12.9. The van der Waals surface area contributed by atoms with Gasteiger partial charge in [-0.3, -0.25) is 4.79 Å². The molecule has 0 radical (unpaired) electrons. The van der Waals surface area contributed by atoms with Gasteiger partial charge in [0.2, 0.25) is 5.91 Å². The van der Waals surface area contributed by atoms with Crippen LogP contribution in [0.4, 0.5) is 0 Å². The third-order valence-corrected chi connectivity index (χ3v) is 6.37. The summed E-state index contributed by atoms with van der Waals surface area (Å²) in [6.07, 6.45) is 2.74. The number of carbonyl (C=O) groups excluding carboxylic acids is 1. The second-order valence-corrected chi connectivity index (χ2v) is 8.46. The van der Waals surface area contributed by atoms with Crippen molar-refractivity contribution in [2.45, 2.75) is 31.2 Å². The van der Waals surface area contributed by atoms with Gasteiger partial charge in [-0.15, -0.1) is 0 Å². The minimum absolute atomic E-state index is 0.0748. The van der Waals surface area contributed by atoms with E-state index in [1.165, 1.54) is 0 Å². The van der Waals surface area contributed by atoms with Crippen LogP contribution < -0.4 is 0 Å². The molecule has 2 aliphatic rings. The van der Waals surface area contributed by atoms with Gasteiger partial charge in [0.1, 0.15) is 0 Å². The summed E-state index contributed by atoms with van der Waals surface area (Å²) in [7, 11) is -1.21. The predicted octanol–water partition coefficient (Wildman–Crippen LogP) is 1.83. The summed E-state index contributed by atoms with van der Waals surface area (Å²) in [4.78, 5) is 14.5. The largest absolute Gasteiger partial charge is 0.341 e. The molecule has 1 saturated carbocycles. The zero-order valence-corrected chi connectivity index (χ0v) is 13.1. The summed E-state index contributed by atoms with van der Waals surface area (Å²) in [6.45, 7) is 0. The first-order valence-electron chi connectivity index (χ1n) is 7.50. The summed E-state index contributed by atoms with van der Waals surface area (Å²) in [5.74, 6) is 0.696. The van der Waals surface area contributed by atoms with E-state index < -0.39 is 9.84 Å². The van der Waals surface area contributed by atoms with Gasteiger partial charge in [-0.1, -0.05) is 30.3 Å². The highest BCUT2D eigenvalue weighted by atomic mass is 32.2. The van der Waals surface area contributed by atoms with Gasteiger partial charge in [-0.2, -0.15) is 0 Å². The molecule has 2 atom stereocenters. The Labute approximate surface area is 126 Å². The van der Waals surface area contributed by atoms with Crippen LogP contribution in [0.1, 0.15) is 30.7 Å². The number of carbonyl (C=O) groups is 1. The van der Waals surface area contributed by atoms with Crippen molar-refractivity contribution in [1.82, 2.24) is 4.90 Å². The highest BCUT2D eigenvalue weighted by molar-refractivity contribution is 7.91. The van der Waals surface area contributed by atoms with Crippen LogP contribution in [0.15, 0.2) is 30.3 Å². The molecule has 1 heterocycles. The number of benzene rings is 1. The Kier molecular flexibility index (Phi) is 3.78. The average Bonchev–Trinajstić information content (AvgIpc) is 3.22. The van der Waals surface area contributed by atoms with Crippen LogP contribution in [0.25, 0.3) is 0 Å². The molecule has 0 spiro atoms. The number of rotatable bonds is 4. The fourth-order valence-corrected chi connectivity index (χ4v) is 4.96. The summed E-state index contributed by atoms with van der Waals surface area (Å²) in [5.41, 5.74) is 1.05.